The zero-order valence-electron chi connectivity index (χ0n) is 19.5. The summed E-state index contributed by atoms with van der Waals surface area (Å²) in [5.41, 5.74) is -1.61. The normalized spacial score (nSPS) is 21.6. The van der Waals surface area contributed by atoms with E-state index in [2.05, 4.69) is 5.32 Å². The van der Waals surface area contributed by atoms with E-state index in [0.717, 1.165) is 5.56 Å². The van der Waals surface area contributed by atoms with Crippen molar-refractivity contribution in [3.8, 4) is 0 Å². The van der Waals surface area contributed by atoms with Crippen molar-refractivity contribution in [1.82, 2.24) is 15.1 Å². The van der Waals surface area contributed by atoms with E-state index in [1.807, 2.05) is 0 Å². The van der Waals surface area contributed by atoms with Gasteiger partial charge in [-0.25, -0.2) is 9.18 Å². The number of urea groups is 1. The Balaban J connectivity index is 1.71. The smallest absolute Gasteiger partial charge is 0.318 e. The minimum absolute atomic E-state index is 0.0993. The number of piperazine rings is 1. The van der Waals surface area contributed by atoms with Crippen LogP contribution in [0.4, 0.5) is 35.5 Å². The summed E-state index contributed by atoms with van der Waals surface area (Å²) in [6, 6.07) is 3.93. The second-order valence-electron chi connectivity index (χ2n) is 9.24. The van der Waals surface area contributed by atoms with Gasteiger partial charge in [-0.15, -0.1) is 0 Å². The molecule has 2 heterocycles. The van der Waals surface area contributed by atoms with Gasteiger partial charge in [0.15, 0.2) is 0 Å². The first-order chi connectivity index (χ1) is 16.9. The number of alkyl halides is 6. The van der Waals surface area contributed by atoms with Gasteiger partial charge in [-0.2, -0.15) is 26.3 Å². The highest BCUT2D eigenvalue weighted by Crippen LogP contribution is 2.41. The molecule has 0 bridgehead atoms. The van der Waals surface area contributed by atoms with Crippen LogP contribution < -0.4 is 5.32 Å². The van der Waals surface area contributed by atoms with Crippen LogP contribution in [0.3, 0.4) is 0 Å². The number of carbonyl (C=O) groups is 1. The van der Waals surface area contributed by atoms with Crippen LogP contribution in [0.15, 0.2) is 36.4 Å². The van der Waals surface area contributed by atoms with Gasteiger partial charge in [-0.05, 0) is 73.2 Å². The number of benzene rings is 2. The molecule has 196 valence electrons. The van der Waals surface area contributed by atoms with E-state index < -0.39 is 47.4 Å². The number of hydrogen-bond donors (Lipinski definition) is 1. The van der Waals surface area contributed by atoms with E-state index in [9.17, 15) is 35.5 Å². The van der Waals surface area contributed by atoms with E-state index in [0.29, 0.717) is 50.2 Å². The lowest BCUT2D eigenvalue weighted by Crippen LogP contribution is -2.54. The number of likely N-dealkylation sites (tertiary alicyclic amines) is 1. The number of nitrogens with zero attached hydrogens (tertiary/aromatic N) is 2. The zero-order valence-corrected chi connectivity index (χ0v) is 19.5. The van der Waals surface area contributed by atoms with E-state index >= 15 is 0 Å². The Kier molecular flexibility index (Phi) is 7.23. The minimum Gasteiger partial charge on any atom is -0.318 e. The van der Waals surface area contributed by atoms with Crippen LogP contribution in [0.2, 0.25) is 0 Å². The van der Waals surface area contributed by atoms with E-state index in [-0.39, 0.29) is 24.6 Å². The Bertz CT molecular complexity index is 1080. The number of carbonyl (C=O) groups excluding carboxylic acids is 1. The molecule has 0 saturated carbocycles. The number of halogens is 7. The van der Waals surface area contributed by atoms with Crippen molar-refractivity contribution in [2.45, 2.75) is 50.6 Å². The van der Waals surface area contributed by atoms with Gasteiger partial charge in [0.2, 0.25) is 0 Å². The largest absolute Gasteiger partial charge is 0.416 e. The van der Waals surface area contributed by atoms with Crippen LogP contribution >= 0.6 is 0 Å². The van der Waals surface area contributed by atoms with Gasteiger partial charge < -0.3 is 15.1 Å². The topological polar surface area (TPSA) is 35.6 Å². The third kappa shape index (κ3) is 5.45. The highest BCUT2D eigenvalue weighted by Gasteiger charge is 2.40. The minimum atomic E-state index is -4.97. The predicted octanol–water partition coefficient (Wildman–Crippen LogP) is 6.47. The van der Waals surface area contributed by atoms with Crippen molar-refractivity contribution < 1.29 is 35.5 Å². The second kappa shape index (κ2) is 9.91. The summed E-state index contributed by atoms with van der Waals surface area (Å²) in [5.74, 6) is -0.418. The van der Waals surface area contributed by atoms with Gasteiger partial charge in [0.05, 0.1) is 23.2 Å². The Morgan fingerprint density at radius 1 is 0.889 bits per heavy atom. The van der Waals surface area contributed by atoms with Crippen LogP contribution in [0.1, 0.15) is 59.2 Å². The van der Waals surface area contributed by atoms with Gasteiger partial charge in [-0.1, -0.05) is 6.07 Å². The van der Waals surface area contributed by atoms with Crippen LogP contribution in [0.5, 0.6) is 0 Å². The number of aryl methyl sites for hydroxylation is 1. The molecular weight excluding hydrogens is 491 g/mol. The Labute approximate surface area is 204 Å². The lowest BCUT2D eigenvalue weighted by atomic mass is 9.92. The number of amides is 2. The van der Waals surface area contributed by atoms with Crippen LogP contribution in [-0.4, -0.2) is 42.0 Å². The summed E-state index contributed by atoms with van der Waals surface area (Å²) in [6.07, 6.45) is -8.54. The molecule has 0 aromatic heterocycles. The van der Waals surface area contributed by atoms with Gasteiger partial charge in [0.25, 0.3) is 0 Å². The molecule has 2 fully saturated rings. The predicted molar refractivity (Wildman–Crippen MR) is 119 cm³/mol. The fraction of sp³-hybridized carbons (Fsp3) is 0.480. The average Bonchev–Trinajstić information content (AvgIpc) is 2.82. The lowest BCUT2D eigenvalue weighted by Gasteiger charge is -2.44. The maximum absolute atomic E-state index is 13.8. The monoisotopic (exact) mass is 517 g/mol. The van der Waals surface area contributed by atoms with Crippen molar-refractivity contribution in [3.63, 3.8) is 0 Å². The number of piperidine rings is 1. The van der Waals surface area contributed by atoms with Crippen molar-refractivity contribution in [3.05, 3.63) is 70.0 Å². The Morgan fingerprint density at radius 2 is 1.53 bits per heavy atom. The molecule has 11 heteroatoms. The first kappa shape index (κ1) is 26.2. The molecule has 1 unspecified atom stereocenters. The number of rotatable bonds is 2. The molecule has 2 amide bonds. The molecule has 1 N–H and O–H groups in total. The van der Waals surface area contributed by atoms with Crippen molar-refractivity contribution in [2.75, 3.05) is 26.2 Å². The van der Waals surface area contributed by atoms with Crippen LogP contribution in [0.25, 0.3) is 0 Å². The molecule has 2 aliphatic rings. The summed E-state index contributed by atoms with van der Waals surface area (Å²) >= 11 is 0. The molecule has 0 aliphatic carbocycles. The van der Waals surface area contributed by atoms with Crippen LogP contribution in [-0.2, 0) is 12.4 Å². The van der Waals surface area contributed by atoms with Gasteiger partial charge in [0, 0.05) is 26.2 Å². The molecule has 4 nitrogen and oxygen atoms in total. The highest BCUT2D eigenvalue weighted by molar-refractivity contribution is 5.76. The summed E-state index contributed by atoms with van der Waals surface area (Å²) in [6.45, 7) is 3.09. The zero-order chi connectivity index (χ0) is 26.3. The summed E-state index contributed by atoms with van der Waals surface area (Å²) in [5, 5.41) is 3.20. The Hall–Kier alpha value is -2.82. The molecular formula is C25H26F7N3O. The summed E-state index contributed by atoms with van der Waals surface area (Å²) in [4.78, 5) is 16.7. The third-order valence-corrected chi connectivity index (χ3v) is 6.82. The maximum Gasteiger partial charge on any atom is 0.416 e. The molecule has 2 atom stereocenters. The molecule has 4 rings (SSSR count). The molecule has 2 saturated heterocycles. The summed E-state index contributed by atoms with van der Waals surface area (Å²) in [7, 11) is 0. The van der Waals surface area contributed by atoms with Crippen LogP contribution in [0, 0.1) is 12.7 Å². The molecule has 0 radical (unpaired) electrons. The van der Waals surface area contributed by atoms with Crippen molar-refractivity contribution >= 4 is 6.03 Å². The number of nitrogens with one attached hydrogen (secondary N) is 1. The fourth-order valence-corrected chi connectivity index (χ4v) is 5.07. The summed E-state index contributed by atoms with van der Waals surface area (Å²) < 4.78 is 94.5. The van der Waals surface area contributed by atoms with E-state index in [1.165, 1.54) is 17.0 Å². The molecule has 36 heavy (non-hydrogen) atoms. The highest BCUT2D eigenvalue weighted by atomic mass is 19.4. The molecule has 2 aliphatic heterocycles. The van der Waals surface area contributed by atoms with E-state index in [4.69, 9.17) is 0 Å². The first-order valence-corrected chi connectivity index (χ1v) is 11.7. The SMILES string of the molecule is Cc1cc(F)ccc1[C@H]1CNCCN1C(=O)N1CCCCC1c1cc(C(F)(F)F)cc(C(F)(F)F)c1. The maximum atomic E-state index is 13.8. The quantitative estimate of drug-likeness (QED) is 0.464. The standard InChI is InChI=1S/C25H26F7N3O/c1-15-10-19(26)5-6-20(15)22-14-33-7-9-35(22)23(36)34-8-3-2-4-21(34)16-11-17(24(27,28)29)13-18(12-16)25(30,31)32/h5-6,10-13,21-22,33H,2-4,7-9,14H2,1H3/t21?,22-/m1/s1. The first-order valence-electron chi connectivity index (χ1n) is 11.7. The molecule has 0 spiro atoms. The van der Waals surface area contributed by atoms with Crippen molar-refractivity contribution in [2.24, 2.45) is 0 Å². The lowest BCUT2D eigenvalue weighted by molar-refractivity contribution is -0.143. The van der Waals surface area contributed by atoms with Gasteiger partial charge in [0.1, 0.15) is 5.82 Å². The van der Waals surface area contributed by atoms with E-state index in [1.54, 1.807) is 17.9 Å². The van der Waals surface area contributed by atoms with Crippen molar-refractivity contribution in [1.29, 1.82) is 0 Å². The second-order valence-corrected chi connectivity index (χ2v) is 9.24. The average molecular weight is 517 g/mol. The van der Waals surface area contributed by atoms with Gasteiger partial charge >= 0.3 is 18.4 Å². The molecule has 2 aromatic carbocycles. The van der Waals surface area contributed by atoms with Gasteiger partial charge in [-0.3, -0.25) is 0 Å². The fourth-order valence-electron chi connectivity index (χ4n) is 5.07. The number of hydrogen-bond acceptors (Lipinski definition) is 2. The Morgan fingerprint density at radius 3 is 2.14 bits per heavy atom. The third-order valence-electron chi connectivity index (χ3n) is 6.82. The molecule has 2 aromatic rings.